The maximum absolute atomic E-state index is 11.9. The van der Waals surface area contributed by atoms with Crippen LogP contribution < -0.4 is 11.1 Å². The van der Waals surface area contributed by atoms with Crippen molar-refractivity contribution in [3.05, 3.63) is 12.2 Å². The third-order valence-corrected chi connectivity index (χ3v) is 4.73. The minimum absolute atomic E-state index is 0.285. The first kappa shape index (κ1) is 10.3. The largest absolute Gasteiger partial charge is 0.352 e. The second-order valence-electron chi connectivity index (χ2n) is 5.47. The minimum atomic E-state index is 0.285. The van der Waals surface area contributed by atoms with Gasteiger partial charge in [-0.1, -0.05) is 12.2 Å². The highest BCUT2D eigenvalue weighted by Gasteiger charge is 2.67. The summed E-state index contributed by atoms with van der Waals surface area (Å²) >= 11 is 0. The van der Waals surface area contributed by atoms with Gasteiger partial charge in [0.1, 0.15) is 0 Å². The lowest BCUT2D eigenvalue weighted by atomic mass is 10.0. The van der Waals surface area contributed by atoms with Gasteiger partial charge in [0.25, 0.3) is 0 Å². The summed E-state index contributed by atoms with van der Waals surface area (Å²) in [5, 5.41) is 3.00. The molecule has 88 valence electrons. The summed E-state index contributed by atoms with van der Waals surface area (Å²) < 4.78 is 0. The van der Waals surface area contributed by atoms with E-state index in [9.17, 15) is 4.79 Å². The molecule has 0 aliphatic heterocycles. The van der Waals surface area contributed by atoms with Crippen LogP contribution in [-0.4, -0.2) is 19.0 Å². The van der Waals surface area contributed by atoms with Crippen LogP contribution in [0.15, 0.2) is 12.2 Å². The highest BCUT2D eigenvalue weighted by Crippen LogP contribution is 2.69. The molecule has 3 heteroatoms. The van der Waals surface area contributed by atoms with E-state index in [0.717, 1.165) is 23.7 Å². The van der Waals surface area contributed by atoms with Crippen LogP contribution in [0.25, 0.3) is 0 Å². The summed E-state index contributed by atoms with van der Waals surface area (Å²) in [6.45, 7) is 1.19. The molecule has 16 heavy (non-hydrogen) atoms. The van der Waals surface area contributed by atoms with Gasteiger partial charge >= 0.3 is 0 Å². The Morgan fingerprint density at radius 2 is 1.94 bits per heavy atom. The Labute approximate surface area is 96.5 Å². The van der Waals surface area contributed by atoms with E-state index < -0.39 is 0 Å². The molecule has 0 aromatic rings. The summed E-state index contributed by atoms with van der Waals surface area (Å²) in [5.41, 5.74) is 5.34. The summed E-state index contributed by atoms with van der Waals surface area (Å²) in [7, 11) is 0. The lowest BCUT2D eigenvalue weighted by Gasteiger charge is -2.08. The van der Waals surface area contributed by atoms with Crippen molar-refractivity contribution < 1.29 is 4.79 Å². The van der Waals surface area contributed by atoms with Gasteiger partial charge in [0.15, 0.2) is 0 Å². The first-order valence-corrected chi connectivity index (χ1v) is 6.45. The second kappa shape index (κ2) is 3.88. The number of nitrogens with one attached hydrogen (secondary N) is 1. The summed E-state index contributed by atoms with van der Waals surface area (Å²) in [6, 6.07) is 0. The first-order valence-electron chi connectivity index (χ1n) is 6.45. The fourth-order valence-electron chi connectivity index (χ4n) is 4.13. The highest BCUT2D eigenvalue weighted by molar-refractivity contribution is 5.82. The highest BCUT2D eigenvalue weighted by atomic mass is 16.2. The van der Waals surface area contributed by atoms with Gasteiger partial charge in [0.2, 0.25) is 5.91 Å². The van der Waals surface area contributed by atoms with Crippen molar-refractivity contribution >= 4 is 5.91 Å². The Kier molecular flexibility index (Phi) is 2.51. The minimum Gasteiger partial charge on any atom is -0.352 e. The molecular formula is C13H20N2O. The van der Waals surface area contributed by atoms with E-state index in [1.54, 1.807) is 0 Å². The molecule has 2 bridgehead atoms. The van der Waals surface area contributed by atoms with Gasteiger partial charge < -0.3 is 11.1 Å². The zero-order chi connectivity index (χ0) is 11.1. The molecule has 3 aliphatic carbocycles. The third kappa shape index (κ3) is 1.49. The molecular weight excluding hydrogens is 200 g/mol. The topological polar surface area (TPSA) is 55.1 Å². The van der Waals surface area contributed by atoms with Crippen LogP contribution in [0, 0.1) is 29.6 Å². The zero-order valence-corrected chi connectivity index (χ0v) is 9.56. The summed E-state index contributed by atoms with van der Waals surface area (Å²) in [4.78, 5) is 11.9. The van der Waals surface area contributed by atoms with E-state index in [2.05, 4.69) is 5.32 Å². The molecule has 4 unspecified atom stereocenters. The monoisotopic (exact) mass is 220 g/mol. The molecule has 3 aliphatic rings. The first-order chi connectivity index (χ1) is 7.83. The Hall–Kier alpha value is -0.830. The number of nitrogens with two attached hydrogens (primary N) is 1. The standard InChI is InChI=1S/C13H20N2O/c14-5-1-2-6-15-13(16)12-10-8-3-4-9(7-8)11(10)12/h1-2,8-12H,3-7,14H2,(H,15,16)/b2-1+. The fraction of sp³-hybridized carbons (Fsp3) is 0.769. The van der Waals surface area contributed by atoms with Crippen LogP contribution in [0.1, 0.15) is 19.3 Å². The average molecular weight is 220 g/mol. The van der Waals surface area contributed by atoms with Crippen molar-refractivity contribution in [1.29, 1.82) is 0 Å². The zero-order valence-electron chi connectivity index (χ0n) is 9.56. The average Bonchev–Trinajstić information content (AvgIpc) is 2.74. The van der Waals surface area contributed by atoms with Crippen LogP contribution in [0.3, 0.4) is 0 Å². The van der Waals surface area contributed by atoms with E-state index in [4.69, 9.17) is 5.73 Å². The molecule has 0 aromatic carbocycles. The number of hydrogen-bond donors (Lipinski definition) is 2. The van der Waals surface area contributed by atoms with Crippen molar-refractivity contribution in [2.45, 2.75) is 19.3 Å². The van der Waals surface area contributed by atoms with Gasteiger partial charge in [-0.15, -0.1) is 0 Å². The summed E-state index contributed by atoms with van der Waals surface area (Å²) in [6.07, 6.45) is 7.99. The van der Waals surface area contributed by atoms with E-state index in [0.29, 0.717) is 19.0 Å². The molecule has 3 rings (SSSR count). The number of hydrogen-bond acceptors (Lipinski definition) is 2. The molecule has 3 N–H and O–H groups in total. The Morgan fingerprint density at radius 1 is 1.25 bits per heavy atom. The predicted molar refractivity (Wildman–Crippen MR) is 62.5 cm³/mol. The van der Waals surface area contributed by atoms with Gasteiger partial charge in [0.05, 0.1) is 0 Å². The summed E-state index contributed by atoms with van der Waals surface area (Å²) in [5.74, 6) is 3.90. The number of rotatable bonds is 4. The van der Waals surface area contributed by atoms with Crippen LogP contribution >= 0.6 is 0 Å². The molecule has 0 aromatic heterocycles. The van der Waals surface area contributed by atoms with E-state index in [1.807, 2.05) is 12.2 Å². The number of amides is 1. The second-order valence-corrected chi connectivity index (χ2v) is 5.47. The van der Waals surface area contributed by atoms with Crippen molar-refractivity contribution in [1.82, 2.24) is 5.32 Å². The van der Waals surface area contributed by atoms with Gasteiger partial charge in [0, 0.05) is 19.0 Å². The smallest absolute Gasteiger partial charge is 0.223 e. The van der Waals surface area contributed by atoms with Crippen molar-refractivity contribution in [2.75, 3.05) is 13.1 Å². The van der Waals surface area contributed by atoms with Crippen molar-refractivity contribution in [2.24, 2.45) is 35.3 Å². The van der Waals surface area contributed by atoms with Gasteiger partial charge in [-0.2, -0.15) is 0 Å². The Morgan fingerprint density at radius 3 is 2.56 bits per heavy atom. The van der Waals surface area contributed by atoms with Crippen molar-refractivity contribution in [3.63, 3.8) is 0 Å². The fourth-order valence-corrected chi connectivity index (χ4v) is 4.13. The molecule has 3 nitrogen and oxygen atoms in total. The molecule has 0 spiro atoms. The van der Waals surface area contributed by atoms with E-state index >= 15 is 0 Å². The van der Waals surface area contributed by atoms with Crippen LogP contribution in [-0.2, 0) is 4.79 Å². The lowest BCUT2D eigenvalue weighted by Crippen LogP contribution is -2.27. The van der Waals surface area contributed by atoms with Crippen LogP contribution in [0.5, 0.6) is 0 Å². The van der Waals surface area contributed by atoms with Crippen LogP contribution in [0.2, 0.25) is 0 Å². The molecule has 3 fully saturated rings. The molecule has 0 saturated heterocycles. The number of carbonyl (C=O) groups is 1. The molecule has 3 saturated carbocycles. The molecule has 0 radical (unpaired) electrons. The van der Waals surface area contributed by atoms with Gasteiger partial charge in [-0.3, -0.25) is 4.79 Å². The SMILES string of the molecule is NC/C=C/CNC(=O)C1C2C3CCC(C3)C12. The van der Waals surface area contributed by atoms with Gasteiger partial charge in [-0.05, 0) is 42.9 Å². The van der Waals surface area contributed by atoms with Crippen LogP contribution in [0.4, 0.5) is 0 Å². The van der Waals surface area contributed by atoms with Crippen molar-refractivity contribution in [3.8, 4) is 0 Å². The number of carbonyl (C=O) groups excluding carboxylic acids is 1. The normalized spacial score (nSPS) is 43.7. The lowest BCUT2D eigenvalue weighted by molar-refractivity contribution is -0.123. The molecule has 0 heterocycles. The predicted octanol–water partition coefficient (Wildman–Crippen LogP) is 0.910. The third-order valence-electron chi connectivity index (χ3n) is 4.73. The Bertz CT molecular complexity index is 310. The van der Waals surface area contributed by atoms with E-state index in [-0.39, 0.29) is 5.91 Å². The quantitative estimate of drug-likeness (QED) is 0.692. The van der Waals surface area contributed by atoms with Gasteiger partial charge in [-0.25, -0.2) is 0 Å². The molecule has 1 amide bonds. The van der Waals surface area contributed by atoms with E-state index in [1.165, 1.54) is 19.3 Å². The maximum atomic E-state index is 11.9. The number of fused-ring (bicyclic) bond motifs is 5. The maximum Gasteiger partial charge on any atom is 0.223 e. The Balaban J connectivity index is 1.49. The molecule has 4 atom stereocenters.